The highest BCUT2D eigenvalue weighted by molar-refractivity contribution is 14.0. The molecule has 2 heterocycles. The Morgan fingerprint density at radius 2 is 1.93 bits per heavy atom. The summed E-state index contributed by atoms with van der Waals surface area (Å²) in [6.45, 7) is 0.326. The number of halogens is 3. The Morgan fingerprint density at radius 1 is 1.14 bits per heavy atom. The Kier molecular flexibility index (Phi) is 8.36. The number of hydrogen-bond acceptors (Lipinski definition) is 4. The molecule has 28 heavy (non-hydrogen) atoms. The van der Waals surface area contributed by atoms with Crippen molar-refractivity contribution in [3.8, 4) is 5.75 Å². The van der Waals surface area contributed by atoms with Gasteiger partial charge in [0.05, 0.1) is 13.1 Å². The molecule has 0 bridgehead atoms. The summed E-state index contributed by atoms with van der Waals surface area (Å²) in [7, 11) is 0. The summed E-state index contributed by atoms with van der Waals surface area (Å²) in [5.74, 6) is 1.39. The van der Waals surface area contributed by atoms with Gasteiger partial charge in [-0.1, -0.05) is 24.3 Å². The number of aliphatic imine (C=N–C) groups is 1. The zero-order valence-corrected chi connectivity index (χ0v) is 17.5. The minimum Gasteiger partial charge on any atom is -0.434 e. The Labute approximate surface area is 178 Å². The van der Waals surface area contributed by atoms with Crippen molar-refractivity contribution >= 4 is 35.6 Å². The summed E-state index contributed by atoms with van der Waals surface area (Å²) in [6, 6.07) is 12.3. The number of alkyl halides is 2. The van der Waals surface area contributed by atoms with E-state index in [1.165, 1.54) is 6.07 Å². The fourth-order valence-corrected chi connectivity index (χ4v) is 2.53. The van der Waals surface area contributed by atoms with Crippen molar-refractivity contribution in [3.05, 3.63) is 60.0 Å². The van der Waals surface area contributed by atoms with E-state index in [1.807, 2.05) is 35.7 Å². The van der Waals surface area contributed by atoms with Crippen LogP contribution in [0.15, 0.2) is 53.7 Å². The highest BCUT2D eigenvalue weighted by atomic mass is 127. The zero-order valence-electron chi connectivity index (χ0n) is 15.2. The van der Waals surface area contributed by atoms with Crippen LogP contribution in [0.25, 0.3) is 5.65 Å². The van der Waals surface area contributed by atoms with Gasteiger partial charge in [0.1, 0.15) is 5.75 Å². The molecule has 0 aliphatic carbocycles. The summed E-state index contributed by atoms with van der Waals surface area (Å²) < 4.78 is 31.5. The molecule has 10 heteroatoms. The van der Waals surface area contributed by atoms with Gasteiger partial charge in [0.25, 0.3) is 0 Å². The van der Waals surface area contributed by atoms with E-state index in [0.29, 0.717) is 24.6 Å². The molecule has 0 amide bonds. The molecule has 0 spiro atoms. The van der Waals surface area contributed by atoms with Gasteiger partial charge in [-0.3, -0.25) is 4.40 Å². The van der Waals surface area contributed by atoms with E-state index in [2.05, 4.69) is 30.6 Å². The van der Waals surface area contributed by atoms with Gasteiger partial charge in [-0.2, -0.15) is 8.78 Å². The van der Waals surface area contributed by atoms with Crippen LogP contribution in [0.5, 0.6) is 5.75 Å². The van der Waals surface area contributed by atoms with Crippen molar-refractivity contribution in [1.29, 1.82) is 0 Å². The van der Waals surface area contributed by atoms with Gasteiger partial charge in [0, 0.05) is 18.3 Å². The number of pyridine rings is 1. The Balaban J connectivity index is 0.00000280. The van der Waals surface area contributed by atoms with Crippen LogP contribution in [0, 0.1) is 0 Å². The monoisotopic (exact) mass is 502 g/mol. The summed E-state index contributed by atoms with van der Waals surface area (Å²) in [6.07, 6.45) is 1.88. The van der Waals surface area contributed by atoms with Crippen molar-refractivity contribution in [1.82, 2.24) is 25.2 Å². The number of benzene rings is 1. The van der Waals surface area contributed by atoms with E-state index in [0.717, 1.165) is 11.5 Å². The predicted octanol–water partition coefficient (Wildman–Crippen LogP) is 3.20. The number of nitrogens with zero attached hydrogens (tertiary/aromatic N) is 4. The molecular weight excluding hydrogens is 481 g/mol. The minimum absolute atomic E-state index is 0. The van der Waals surface area contributed by atoms with Gasteiger partial charge in [-0.05, 0) is 25.1 Å². The van der Waals surface area contributed by atoms with Crippen LogP contribution in [0.2, 0.25) is 0 Å². The van der Waals surface area contributed by atoms with E-state index in [9.17, 15) is 8.78 Å². The van der Waals surface area contributed by atoms with E-state index < -0.39 is 6.61 Å². The maximum absolute atomic E-state index is 12.5. The third-order valence-electron chi connectivity index (χ3n) is 3.74. The standard InChI is InChI=1S/C18H20F2N6O.HI/c1-2-21-18(22-11-13-7-3-4-8-14(13)27-17(19)20)23-12-16-25-24-15-9-5-6-10-26(15)16;/h3-10,17H,2,11-12H2,1H3,(H2,21,22,23);1H. The highest BCUT2D eigenvalue weighted by Crippen LogP contribution is 2.20. The fourth-order valence-electron chi connectivity index (χ4n) is 2.53. The third-order valence-corrected chi connectivity index (χ3v) is 3.74. The van der Waals surface area contributed by atoms with Crippen LogP contribution in [0.1, 0.15) is 18.3 Å². The molecule has 0 saturated heterocycles. The van der Waals surface area contributed by atoms with Gasteiger partial charge in [-0.25, -0.2) is 4.99 Å². The van der Waals surface area contributed by atoms with Gasteiger partial charge in [-0.15, -0.1) is 34.2 Å². The molecule has 0 aliphatic heterocycles. The molecule has 0 radical (unpaired) electrons. The molecule has 2 N–H and O–H groups in total. The highest BCUT2D eigenvalue weighted by Gasteiger charge is 2.09. The topological polar surface area (TPSA) is 75.8 Å². The molecule has 1 aromatic carbocycles. The summed E-state index contributed by atoms with van der Waals surface area (Å²) in [5, 5.41) is 14.5. The van der Waals surface area contributed by atoms with Crippen molar-refractivity contribution in [2.24, 2.45) is 4.99 Å². The number of guanidine groups is 1. The molecule has 2 aromatic heterocycles. The normalized spacial score (nSPS) is 11.4. The molecule has 0 aliphatic rings. The smallest absolute Gasteiger partial charge is 0.387 e. The molecule has 0 unspecified atom stereocenters. The largest absolute Gasteiger partial charge is 0.434 e. The second kappa shape index (κ2) is 10.7. The van der Waals surface area contributed by atoms with Crippen LogP contribution >= 0.6 is 24.0 Å². The van der Waals surface area contributed by atoms with Gasteiger partial charge in [0.15, 0.2) is 17.4 Å². The molecule has 7 nitrogen and oxygen atoms in total. The van der Waals surface area contributed by atoms with Crippen molar-refractivity contribution in [2.75, 3.05) is 6.54 Å². The molecule has 3 aromatic rings. The second-order valence-corrected chi connectivity index (χ2v) is 5.58. The molecule has 3 rings (SSSR count). The van der Waals surface area contributed by atoms with E-state index in [4.69, 9.17) is 0 Å². The van der Waals surface area contributed by atoms with Crippen LogP contribution in [-0.2, 0) is 13.1 Å². The van der Waals surface area contributed by atoms with Crippen LogP contribution in [0.3, 0.4) is 0 Å². The number of ether oxygens (including phenoxy) is 1. The van der Waals surface area contributed by atoms with E-state index >= 15 is 0 Å². The SMILES string of the molecule is CCNC(=NCc1ccccc1OC(F)F)NCc1nnc2ccccn12.I. The second-order valence-electron chi connectivity index (χ2n) is 5.58. The average Bonchev–Trinajstić information content (AvgIpc) is 3.08. The van der Waals surface area contributed by atoms with Crippen LogP contribution in [0.4, 0.5) is 8.78 Å². The maximum atomic E-state index is 12.5. The molecule has 150 valence electrons. The summed E-state index contributed by atoms with van der Waals surface area (Å²) in [5.41, 5.74) is 1.33. The third kappa shape index (κ3) is 5.75. The Bertz CT molecular complexity index is 918. The first-order chi connectivity index (χ1) is 13.2. The molecular formula is C18H21F2IN6O. The van der Waals surface area contributed by atoms with Crippen LogP contribution < -0.4 is 15.4 Å². The number of hydrogen-bond donors (Lipinski definition) is 2. The first-order valence-electron chi connectivity index (χ1n) is 8.51. The van der Waals surface area contributed by atoms with E-state index in [-0.39, 0.29) is 36.3 Å². The van der Waals surface area contributed by atoms with Gasteiger partial charge in [0.2, 0.25) is 0 Å². The number of rotatable bonds is 7. The quantitative estimate of drug-likeness (QED) is 0.295. The lowest BCUT2D eigenvalue weighted by Gasteiger charge is -2.12. The summed E-state index contributed by atoms with van der Waals surface area (Å²) >= 11 is 0. The summed E-state index contributed by atoms with van der Waals surface area (Å²) in [4.78, 5) is 4.44. The molecule has 0 fully saturated rings. The lowest BCUT2D eigenvalue weighted by Crippen LogP contribution is -2.37. The van der Waals surface area contributed by atoms with Crippen molar-refractivity contribution in [3.63, 3.8) is 0 Å². The zero-order chi connectivity index (χ0) is 19.1. The average molecular weight is 502 g/mol. The first kappa shape index (κ1) is 21.8. The first-order valence-corrected chi connectivity index (χ1v) is 8.51. The maximum Gasteiger partial charge on any atom is 0.387 e. The van der Waals surface area contributed by atoms with Gasteiger partial charge < -0.3 is 15.4 Å². The number of nitrogens with one attached hydrogen (secondary N) is 2. The lowest BCUT2D eigenvalue weighted by atomic mass is 10.2. The fraction of sp³-hybridized carbons (Fsp3) is 0.278. The Morgan fingerprint density at radius 3 is 2.71 bits per heavy atom. The predicted molar refractivity (Wildman–Crippen MR) is 113 cm³/mol. The number of para-hydroxylation sites is 1. The molecule has 0 atom stereocenters. The number of aromatic nitrogens is 3. The Hall–Kier alpha value is -2.50. The minimum atomic E-state index is -2.87. The van der Waals surface area contributed by atoms with E-state index in [1.54, 1.807) is 18.2 Å². The lowest BCUT2D eigenvalue weighted by molar-refractivity contribution is -0.0504. The van der Waals surface area contributed by atoms with Crippen molar-refractivity contribution in [2.45, 2.75) is 26.6 Å². The van der Waals surface area contributed by atoms with Gasteiger partial charge >= 0.3 is 6.61 Å². The number of fused-ring (bicyclic) bond motifs is 1. The van der Waals surface area contributed by atoms with Crippen LogP contribution in [-0.4, -0.2) is 33.7 Å². The molecule has 0 saturated carbocycles. The van der Waals surface area contributed by atoms with Crippen molar-refractivity contribution < 1.29 is 13.5 Å².